The van der Waals surface area contributed by atoms with Gasteiger partial charge in [0.15, 0.2) is 11.5 Å². The number of benzene rings is 1. The van der Waals surface area contributed by atoms with Crippen molar-refractivity contribution in [2.45, 2.75) is 19.3 Å². The average Bonchev–Trinajstić information content (AvgIpc) is 2.35. The molecule has 0 fully saturated rings. The number of carboxylic acid groups (broad SMARTS) is 1. The lowest BCUT2D eigenvalue weighted by Gasteiger charge is -2.11. The van der Waals surface area contributed by atoms with Crippen LogP contribution in [0.5, 0.6) is 11.5 Å². The van der Waals surface area contributed by atoms with E-state index >= 15 is 0 Å². The summed E-state index contributed by atoms with van der Waals surface area (Å²) in [6.45, 7) is 0.375. The van der Waals surface area contributed by atoms with Crippen LogP contribution >= 0.6 is 15.9 Å². The number of aryl methyl sites for hydroxylation is 1. The minimum Gasteiger partial charge on any atom is -0.493 e. The monoisotopic (exact) mass is 316 g/mol. The zero-order valence-electron chi connectivity index (χ0n) is 10.3. The van der Waals surface area contributed by atoms with Crippen molar-refractivity contribution >= 4 is 21.9 Å². The van der Waals surface area contributed by atoms with Gasteiger partial charge in [0.2, 0.25) is 0 Å². The Balaban J connectivity index is 2.56. The first kappa shape index (κ1) is 14.8. The van der Waals surface area contributed by atoms with E-state index in [1.807, 2.05) is 18.2 Å². The van der Waals surface area contributed by atoms with Crippen LogP contribution in [0.15, 0.2) is 18.2 Å². The summed E-state index contributed by atoms with van der Waals surface area (Å²) in [7, 11) is 1.59. The lowest BCUT2D eigenvalue weighted by molar-refractivity contribution is -0.137. The number of ether oxygens (including phenoxy) is 2. The first-order valence-electron chi connectivity index (χ1n) is 5.75. The highest BCUT2D eigenvalue weighted by molar-refractivity contribution is 9.09. The van der Waals surface area contributed by atoms with E-state index in [4.69, 9.17) is 14.6 Å². The van der Waals surface area contributed by atoms with Crippen molar-refractivity contribution in [2.75, 3.05) is 19.0 Å². The third-order valence-electron chi connectivity index (χ3n) is 2.40. The van der Waals surface area contributed by atoms with E-state index in [0.29, 0.717) is 24.5 Å². The molecule has 0 aliphatic heterocycles. The summed E-state index contributed by atoms with van der Waals surface area (Å²) < 4.78 is 10.8. The molecule has 18 heavy (non-hydrogen) atoms. The Bertz CT molecular complexity index is 393. The van der Waals surface area contributed by atoms with Gasteiger partial charge in [0.05, 0.1) is 13.7 Å². The van der Waals surface area contributed by atoms with Gasteiger partial charge >= 0.3 is 5.97 Å². The lowest BCUT2D eigenvalue weighted by Crippen LogP contribution is -2.03. The summed E-state index contributed by atoms with van der Waals surface area (Å²) in [6.07, 6.45) is 1.53. The maximum atomic E-state index is 10.4. The molecule has 4 nitrogen and oxygen atoms in total. The second-order valence-electron chi connectivity index (χ2n) is 3.77. The first-order valence-corrected chi connectivity index (χ1v) is 6.87. The molecule has 1 aromatic carbocycles. The van der Waals surface area contributed by atoms with E-state index in [1.54, 1.807) is 7.11 Å². The summed E-state index contributed by atoms with van der Waals surface area (Å²) in [6, 6.07) is 5.78. The van der Waals surface area contributed by atoms with Gasteiger partial charge in [-0.05, 0) is 30.5 Å². The van der Waals surface area contributed by atoms with Crippen LogP contribution in [0.25, 0.3) is 0 Å². The Kier molecular flexibility index (Phi) is 6.57. The van der Waals surface area contributed by atoms with Gasteiger partial charge in [-0.25, -0.2) is 0 Å². The van der Waals surface area contributed by atoms with Crippen molar-refractivity contribution < 1.29 is 19.4 Å². The normalized spacial score (nSPS) is 10.1. The van der Waals surface area contributed by atoms with Crippen molar-refractivity contribution in [1.29, 1.82) is 0 Å². The van der Waals surface area contributed by atoms with Crippen LogP contribution in [0.1, 0.15) is 18.4 Å². The average molecular weight is 317 g/mol. The number of aliphatic carboxylic acids is 1. The van der Waals surface area contributed by atoms with E-state index < -0.39 is 5.97 Å². The van der Waals surface area contributed by atoms with Gasteiger partial charge in [-0.3, -0.25) is 4.79 Å². The largest absolute Gasteiger partial charge is 0.493 e. The van der Waals surface area contributed by atoms with Gasteiger partial charge in [-0.2, -0.15) is 0 Å². The Morgan fingerprint density at radius 2 is 2.17 bits per heavy atom. The number of carbonyl (C=O) groups is 1. The fourth-order valence-electron chi connectivity index (χ4n) is 1.50. The Hall–Kier alpha value is -1.23. The quantitative estimate of drug-likeness (QED) is 0.592. The zero-order chi connectivity index (χ0) is 13.4. The number of hydrogen-bond acceptors (Lipinski definition) is 3. The molecule has 0 radical (unpaired) electrons. The van der Waals surface area contributed by atoms with Crippen LogP contribution in [0, 0.1) is 0 Å². The maximum Gasteiger partial charge on any atom is 0.303 e. The van der Waals surface area contributed by atoms with E-state index in [9.17, 15) is 4.79 Å². The van der Waals surface area contributed by atoms with Gasteiger partial charge in [0.1, 0.15) is 0 Å². The standard InChI is InChI=1S/C13H17BrO4/c1-17-12-9-10(6-7-14)4-5-11(12)18-8-2-3-13(15)16/h4-5,9H,2-3,6-8H2,1H3,(H,15,16). The molecule has 0 aromatic heterocycles. The van der Waals surface area contributed by atoms with Crippen molar-refractivity contribution in [2.24, 2.45) is 0 Å². The molecule has 100 valence electrons. The highest BCUT2D eigenvalue weighted by atomic mass is 79.9. The summed E-state index contributed by atoms with van der Waals surface area (Å²) in [4.78, 5) is 10.4. The predicted octanol–water partition coefficient (Wildman–Crippen LogP) is 2.88. The van der Waals surface area contributed by atoms with Crippen LogP contribution in [-0.4, -0.2) is 30.1 Å². The molecule has 1 rings (SSSR count). The summed E-state index contributed by atoms with van der Waals surface area (Å²) in [5, 5.41) is 9.42. The van der Waals surface area contributed by atoms with Crippen molar-refractivity contribution in [1.82, 2.24) is 0 Å². The maximum absolute atomic E-state index is 10.4. The van der Waals surface area contributed by atoms with Crippen LogP contribution in [0.3, 0.4) is 0 Å². The molecule has 0 saturated heterocycles. The van der Waals surface area contributed by atoms with Crippen LogP contribution in [0.2, 0.25) is 0 Å². The predicted molar refractivity (Wildman–Crippen MR) is 72.9 cm³/mol. The molecule has 0 bridgehead atoms. The minimum atomic E-state index is -0.807. The van der Waals surface area contributed by atoms with Gasteiger partial charge in [-0.15, -0.1) is 0 Å². The number of hydrogen-bond donors (Lipinski definition) is 1. The summed E-state index contributed by atoms with van der Waals surface area (Å²) >= 11 is 3.39. The zero-order valence-corrected chi connectivity index (χ0v) is 11.9. The number of carboxylic acids is 1. The SMILES string of the molecule is COc1cc(CCBr)ccc1OCCCC(=O)O. The van der Waals surface area contributed by atoms with Gasteiger partial charge in [-0.1, -0.05) is 22.0 Å². The molecule has 0 atom stereocenters. The van der Waals surface area contributed by atoms with E-state index in [0.717, 1.165) is 11.8 Å². The Morgan fingerprint density at radius 1 is 1.39 bits per heavy atom. The molecule has 0 saturated carbocycles. The topological polar surface area (TPSA) is 55.8 Å². The van der Waals surface area contributed by atoms with Crippen molar-refractivity contribution in [3.05, 3.63) is 23.8 Å². The number of alkyl halides is 1. The minimum absolute atomic E-state index is 0.115. The molecule has 5 heteroatoms. The van der Waals surface area contributed by atoms with E-state index in [-0.39, 0.29) is 6.42 Å². The molecule has 0 spiro atoms. The van der Waals surface area contributed by atoms with Crippen molar-refractivity contribution in [3.63, 3.8) is 0 Å². The summed E-state index contributed by atoms with van der Waals surface area (Å²) in [5.74, 6) is 0.531. The Morgan fingerprint density at radius 3 is 2.78 bits per heavy atom. The smallest absolute Gasteiger partial charge is 0.303 e. The van der Waals surface area contributed by atoms with Gasteiger partial charge in [0.25, 0.3) is 0 Å². The molecule has 1 N–H and O–H groups in total. The fraction of sp³-hybridized carbons (Fsp3) is 0.462. The van der Waals surface area contributed by atoms with E-state index in [1.165, 1.54) is 5.56 Å². The van der Waals surface area contributed by atoms with Crippen molar-refractivity contribution in [3.8, 4) is 11.5 Å². The summed E-state index contributed by atoms with van der Waals surface area (Å²) in [5.41, 5.74) is 1.17. The third kappa shape index (κ3) is 4.96. The highest BCUT2D eigenvalue weighted by Gasteiger charge is 2.06. The highest BCUT2D eigenvalue weighted by Crippen LogP contribution is 2.28. The fourth-order valence-corrected chi connectivity index (χ4v) is 1.96. The molecule has 1 aromatic rings. The first-order chi connectivity index (χ1) is 8.67. The number of halogens is 1. The van der Waals surface area contributed by atoms with Gasteiger partial charge < -0.3 is 14.6 Å². The molecular formula is C13H17BrO4. The number of methoxy groups -OCH3 is 1. The van der Waals surface area contributed by atoms with E-state index in [2.05, 4.69) is 15.9 Å². The molecule has 0 unspecified atom stereocenters. The second-order valence-corrected chi connectivity index (χ2v) is 4.56. The van der Waals surface area contributed by atoms with Crippen LogP contribution in [0.4, 0.5) is 0 Å². The lowest BCUT2D eigenvalue weighted by atomic mass is 10.1. The second kappa shape index (κ2) is 7.97. The van der Waals surface area contributed by atoms with Crippen LogP contribution < -0.4 is 9.47 Å². The molecule has 0 aliphatic rings. The molecular weight excluding hydrogens is 300 g/mol. The Labute approximate surface area is 115 Å². The third-order valence-corrected chi connectivity index (χ3v) is 2.80. The van der Waals surface area contributed by atoms with Crippen LogP contribution in [-0.2, 0) is 11.2 Å². The molecule has 0 heterocycles. The number of rotatable bonds is 8. The molecule has 0 amide bonds. The molecule has 0 aliphatic carbocycles. The van der Waals surface area contributed by atoms with Gasteiger partial charge in [0, 0.05) is 11.8 Å².